The van der Waals surface area contributed by atoms with Crippen molar-refractivity contribution in [3.8, 4) is 0 Å². The zero-order valence-electron chi connectivity index (χ0n) is 14.6. The summed E-state index contributed by atoms with van der Waals surface area (Å²) >= 11 is 3.28. The van der Waals surface area contributed by atoms with Crippen molar-refractivity contribution in [2.75, 3.05) is 13.6 Å². The lowest BCUT2D eigenvalue weighted by atomic mass is 9.84. The summed E-state index contributed by atoms with van der Waals surface area (Å²) in [6, 6.07) is 8.00. The number of hydrazone groups is 1. The first-order chi connectivity index (χ1) is 12.6. The lowest BCUT2D eigenvalue weighted by Crippen LogP contribution is -2.42. The van der Waals surface area contributed by atoms with Gasteiger partial charge < -0.3 is 4.90 Å². The number of rotatable bonds is 5. The molecule has 0 saturated heterocycles. The summed E-state index contributed by atoms with van der Waals surface area (Å²) in [7, 11) is 1.72. The normalized spacial score (nSPS) is 20.0. The Bertz CT molecular complexity index is 810. The molecule has 1 atom stereocenters. The van der Waals surface area contributed by atoms with E-state index >= 15 is 0 Å². The fourth-order valence-corrected chi connectivity index (χ4v) is 4.89. The Morgan fingerprint density at radius 2 is 2.00 bits per heavy atom. The highest BCUT2D eigenvalue weighted by atomic mass is 32.1. The Hall–Kier alpha value is -1.99. The molecule has 0 spiro atoms. The van der Waals surface area contributed by atoms with Crippen LogP contribution in [0.15, 0.2) is 40.1 Å². The highest BCUT2D eigenvalue weighted by Crippen LogP contribution is 2.36. The van der Waals surface area contributed by atoms with Crippen LogP contribution in [-0.4, -0.2) is 41.0 Å². The van der Waals surface area contributed by atoms with Crippen LogP contribution in [0, 0.1) is 5.92 Å². The molecule has 1 aliphatic heterocycles. The van der Waals surface area contributed by atoms with E-state index in [-0.39, 0.29) is 30.3 Å². The molecule has 2 amide bonds. The summed E-state index contributed by atoms with van der Waals surface area (Å²) < 4.78 is 0. The molecule has 136 valence electrons. The molecule has 26 heavy (non-hydrogen) atoms. The fourth-order valence-electron chi connectivity index (χ4n) is 3.35. The maximum atomic E-state index is 12.9. The van der Waals surface area contributed by atoms with Gasteiger partial charge in [0, 0.05) is 24.3 Å². The third kappa shape index (κ3) is 3.33. The second-order valence-corrected chi connectivity index (χ2v) is 8.75. The molecule has 0 radical (unpaired) electrons. The maximum absolute atomic E-state index is 12.9. The van der Waals surface area contributed by atoms with Crippen LogP contribution in [0.3, 0.4) is 0 Å². The van der Waals surface area contributed by atoms with E-state index in [1.165, 1.54) is 0 Å². The van der Waals surface area contributed by atoms with Gasteiger partial charge in [0.25, 0.3) is 5.91 Å². The van der Waals surface area contributed by atoms with Gasteiger partial charge in [-0.1, -0.05) is 18.6 Å². The number of likely N-dealkylation sites (N-methyl/N-ethyl adjacent to an activating group) is 1. The largest absolute Gasteiger partial charge is 0.336 e. The van der Waals surface area contributed by atoms with Gasteiger partial charge in [0.1, 0.15) is 6.54 Å². The highest BCUT2D eigenvalue weighted by molar-refractivity contribution is 7.12. The van der Waals surface area contributed by atoms with E-state index in [0.717, 1.165) is 34.7 Å². The molecule has 3 heterocycles. The van der Waals surface area contributed by atoms with Gasteiger partial charge in [-0.2, -0.15) is 5.10 Å². The number of carbonyl (C=O) groups excluding carboxylic acids is 2. The summed E-state index contributed by atoms with van der Waals surface area (Å²) in [6.07, 6.45) is 3.71. The minimum atomic E-state index is -0.120. The van der Waals surface area contributed by atoms with Crippen LogP contribution >= 0.6 is 22.7 Å². The Morgan fingerprint density at radius 1 is 1.23 bits per heavy atom. The van der Waals surface area contributed by atoms with Gasteiger partial charge in [0.2, 0.25) is 5.91 Å². The van der Waals surface area contributed by atoms with Gasteiger partial charge in [0.15, 0.2) is 0 Å². The van der Waals surface area contributed by atoms with Crippen molar-refractivity contribution >= 4 is 40.2 Å². The smallest absolute Gasteiger partial charge is 0.262 e. The zero-order chi connectivity index (χ0) is 18.1. The summed E-state index contributed by atoms with van der Waals surface area (Å²) in [6.45, 7) is 0.0818. The van der Waals surface area contributed by atoms with Crippen LogP contribution in [0.1, 0.15) is 41.5 Å². The van der Waals surface area contributed by atoms with Crippen molar-refractivity contribution < 1.29 is 9.59 Å². The van der Waals surface area contributed by atoms with Gasteiger partial charge in [-0.15, -0.1) is 22.7 Å². The third-order valence-corrected chi connectivity index (χ3v) is 6.94. The summed E-state index contributed by atoms with van der Waals surface area (Å²) in [5.41, 5.74) is 0.944. The monoisotopic (exact) mass is 387 g/mol. The number of nitrogens with zero attached hydrogens (tertiary/aromatic N) is 3. The van der Waals surface area contributed by atoms with Crippen molar-refractivity contribution in [2.24, 2.45) is 11.0 Å². The molecule has 4 rings (SSSR count). The van der Waals surface area contributed by atoms with Crippen LogP contribution in [0.5, 0.6) is 0 Å². The summed E-state index contributed by atoms with van der Waals surface area (Å²) in [5, 5.41) is 10.3. The molecule has 0 aromatic carbocycles. The van der Waals surface area contributed by atoms with Gasteiger partial charge in [-0.3, -0.25) is 9.59 Å². The lowest BCUT2D eigenvalue weighted by molar-refractivity contribution is -0.144. The van der Waals surface area contributed by atoms with E-state index in [0.29, 0.717) is 6.42 Å². The van der Waals surface area contributed by atoms with Gasteiger partial charge >= 0.3 is 0 Å². The van der Waals surface area contributed by atoms with Gasteiger partial charge in [-0.25, -0.2) is 5.01 Å². The van der Waals surface area contributed by atoms with Crippen molar-refractivity contribution in [3.05, 3.63) is 44.8 Å². The molecular weight excluding hydrogens is 366 g/mol. The SMILES string of the molecule is CN(CC(=O)N1N=C(c2cccs2)C[C@@H]1c1cccs1)C(=O)C1CCC1. The minimum Gasteiger partial charge on any atom is -0.336 e. The number of amides is 2. The van der Waals surface area contributed by atoms with Gasteiger partial charge in [0.05, 0.1) is 16.6 Å². The Balaban J connectivity index is 1.52. The fraction of sp³-hybridized carbons (Fsp3) is 0.421. The molecular formula is C19H21N3O2S2. The van der Waals surface area contributed by atoms with E-state index in [2.05, 4.69) is 5.10 Å². The van der Waals surface area contributed by atoms with Crippen LogP contribution in [0.2, 0.25) is 0 Å². The van der Waals surface area contributed by atoms with E-state index < -0.39 is 0 Å². The Kier molecular flexibility index (Phi) is 4.91. The Labute approximate surface area is 160 Å². The molecule has 7 heteroatoms. The van der Waals surface area contributed by atoms with Crippen molar-refractivity contribution in [1.29, 1.82) is 0 Å². The first-order valence-electron chi connectivity index (χ1n) is 8.85. The zero-order valence-corrected chi connectivity index (χ0v) is 16.3. The van der Waals surface area contributed by atoms with E-state index in [4.69, 9.17) is 0 Å². The van der Waals surface area contributed by atoms with Crippen molar-refractivity contribution in [1.82, 2.24) is 9.91 Å². The molecule has 0 unspecified atom stereocenters. The summed E-state index contributed by atoms with van der Waals surface area (Å²) in [4.78, 5) is 29.1. The second-order valence-electron chi connectivity index (χ2n) is 6.82. The predicted octanol–water partition coefficient (Wildman–Crippen LogP) is 3.75. The standard InChI is InChI=1S/C19H21N3O2S2/c1-21(19(24)13-5-2-6-13)12-18(23)22-15(17-8-4-10-26-17)11-14(20-22)16-7-3-9-25-16/h3-4,7-10,13,15H,2,5-6,11-12H2,1H3/t15-/m1/s1. The van der Waals surface area contributed by atoms with E-state index in [9.17, 15) is 9.59 Å². The number of hydrogen-bond donors (Lipinski definition) is 0. The molecule has 1 aliphatic carbocycles. The van der Waals surface area contributed by atoms with Gasteiger partial charge in [-0.05, 0) is 35.7 Å². The molecule has 1 fully saturated rings. The number of thiophene rings is 2. The van der Waals surface area contributed by atoms with Crippen molar-refractivity contribution in [2.45, 2.75) is 31.7 Å². The second kappa shape index (κ2) is 7.32. The summed E-state index contributed by atoms with van der Waals surface area (Å²) in [5.74, 6) is 0.0636. The van der Waals surface area contributed by atoms with Crippen LogP contribution in [-0.2, 0) is 9.59 Å². The molecule has 2 aromatic heterocycles. The molecule has 1 saturated carbocycles. The average molecular weight is 388 g/mol. The Morgan fingerprint density at radius 3 is 2.62 bits per heavy atom. The van der Waals surface area contributed by atoms with Crippen LogP contribution in [0.25, 0.3) is 0 Å². The predicted molar refractivity (Wildman–Crippen MR) is 104 cm³/mol. The molecule has 5 nitrogen and oxygen atoms in total. The topological polar surface area (TPSA) is 53.0 Å². The maximum Gasteiger partial charge on any atom is 0.262 e. The lowest BCUT2D eigenvalue weighted by Gasteiger charge is -2.30. The molecule has 2 aliphatic rings. The quantitative estimate of drug-likeness (QED) is 0.785. The first kappa shape index (κ1) is 17.4. The molecule has 2 aromatic rings. The first-order valence-corrected chi connectivity index (χ1v) is 10.6. The average Bonchev–Trinajstić information content (AvgIpc) is 3.31. The van der Waals surface area contributed by atoms with E-state index in [1.54, 1.807) is 39.6 Å². The molecule has 0 N–H and O–H groups in total. The van der Waals surface area contributed by atoms with Crippen LogP contribution in [0.4, 0.5) is 0 Å². The third-order valence-electron chi connectivity index (χ3n) is 5.05. The van der Waals surface area contributed by atoms with Crippen LogP contribution < -0.4 is 0 Å². The number of hydrogen-bond acceptors (Lipinski definition) is 5. The number of carbonyl (C=O) groups is 2. The van der Waals surface area contributed by atoms with Crippen molar-refractivity contribution in [3.63, 3.8) is 0 Å². The highest BCUT2D eigenvalue weighted by Gasteiger charge is 2.36. The van der Waals surface area contributed by atoms with E-state index in [1.807, 2.05) is 35.0 Å². The molecule has 0 bridgehead atoms. The minimum absolute atomic E-state index is 0.0770.